The summed E-state index contributed by atoms with van der Waals surface area (Å²) in [6.45, 7) is 57.9. The molecule has 6 heterocycles. The van der Waals surface area contributed by atoms with E-state index in [1.165, 1.54) is 201 Å². The SMILES string of the molecule is Cc1ccc(N2c3ccc(C(C)(c4ccc5c(c4)B4c6cc(C(C)(C)C)ccc6N(c6ccc(C(C)(C)C)cc6)c6cc(C)cc(c64)N5c4ccc(C)cc4)c4ccc5c(c4)B4c6cc(C(C)(C)C)ccc6N(c6ccc(C(C)(C)C)cc6)c6cc(C)cc(c64)N5c4ccc(C)cc4)cc3B3c4cc(C(C)(C)C)ccc4N(c4ccc(C(C)(C)C)cc4)c4cc(C)cc2c43)cc1. The van der Waals surface area contributed by atoms with Gasteiger partial charge in [-0.2, -0.15) is 0 Å². The Morgan fingerprint density at radius 2 is 0.305 bits per heavy atom. The predicted molar refractivity (Wildman–Crippen MR) is 568 cm³/mol. The summed E-state index contributed by atoms with van der Waals surface area (Å²) in [4.78, 5) is 15.7. The molecule has 15 aromatic carbocycles. The van der Waals surface area contributed by atoms with Crippen LogP contribution in [0.15, 0.2) is 291 Å². The zero-order valence-corrected chi connectivity index (χ0v) is 81.6. The molecular formula is C122H123B3N6. The first-order valence-corrected chi connectivity index (χ1v) is 47.7. The normalized spacial score (nSPS) is 14.3. The molecule has 0 saturated carbocycles. The molecule has 0 fully saturated rings. The molecule has 0 bridgehead atoms. The second kappa shape index (κ2) is 29.9. The third-order valence-corrected chi connectivity index (χ3v) is 29.8. The molecule has 15 aromatic rings. The van der Waals surface area contributed by atoms with E-state index in [0.29, 0.717) is 0 Å². The van der Waals surface area contributed by atoms with E-state index in [1.807, 2.05) is 0 Å². The van der Waals surface area contributed by atoms with E-state index in [1.54, 1.807) is 0 Å². The molecule has 0 amide bonds. The Balaban J connectivity index is 0.879. The summed E-state index contributed by atoms with van der Waals surface area (Å²) in [5.41, 5.74) is 50.2. The van der Waals surface area contributed by atoms with Gasteiger partial charge in [-0.3, -0.25) is 0 Å². The Morgan fingerprint density at radius 1 is 0.153 bits per heavy atom. The maximum atomic E-state index is 2.71. The standard InChI is InChI=1S/C122H123B3N6/c1-74-26-44-89(45-27-74)126-104-59-41-86(71-98(104)123-95-68-83(119(16,17)18)38-56-101(95)129(110-65-77(4)62-107(126)113(110)123)92-50-32-80(33-51-92)116(7,8)9)122(25,87-42-60-105-99(72-87)124-96-69-84(120(19,20)21)39-57-102(96)130(93-52-34-81(35-53-93)117(10,11)12)111-66-78(5)63-108(114(111)124)127(105)90-46-28-75(2)29-47-90)88-43-61-106-100(73-88)125-97-70-85(121(22,23)24)40-58-103(97)131(94-54-36-82(37-55-94)118(13,14)15)112-67-79(6)64-109(115(112)125)128(106)91-48-30-76(3)31-49-91/h26-73H,1-25H3. The summed E-state index contributed by atoms with van der Waals surface area (Å²) in [5, 5.41) is 0. The van der Waals surface area contributed by atoms with Crippen LogP contribution in [0, 0.1) is 41.5 Å². The van der Waals surface area contributed by atoms with Gasteiger partial charge in [0.25, 0.3) is 20.1 Å². The second-order valence-electron chi connectivity index (χ2n) is 45.4. The zero-order chi connectivity index (χ0) is 91.9. The molecule has 9 heteroatoms. The molecule has 6 nitrogen and oxygen atoms in total. The number of fused-ring (bicyclic) bond motifs is 12. The lowest BCUT2D eigenvalue weighted by Gasteiger charge is -2.46. The largest absolute Gasteiger partial charge is 0.311 e. The maximum absolute atomic E-state index is 2.71. The minimum atomic E-state index is -0.900. The fourth-order valence-electron chi connectivity index (χ4n) is 22.3. The Bertz CT molecular complexity index is 6500. The van der Waals surface area contributed by atoms with Gasteiger partial charge in [0, 0.05) is 108 Å². The quantitative estimate of drug-likeness (QED) is 0.105. The average Bonchev–Trinajstić information content (AvgIpc) is 0.696. The average molecular weight is 1710 g/mol. The van der Waals surface area contributed by atoms with Crippen LogP contribution in [-0.4, -0.2) is 20.1 Å². The number of nitrogens with zero attached hydrogens (tertiary/aromatic N) is 6. The van der Waals surface area contributed by atoms with Crippen molar-refractivity contribution in [2.45, 2.75) is 211 Å². The first kappa shape index (κ1) is 85.1. The summed E-state index contributed by atoms with van der Waals surface area (Å²) in [6, 6.07) is 117. The smallest absolute Gasteiger partial charge is 0.252 e. The molecule has 0 saturated heterocycles. The summed E-state index contributed by atoms with van der Waals surface area (Å²) in [5.74, 6) is 0. The molecule has 131 heavy (non-hydrogen) atoms. The summed E-state index contributed by atoms with van der Waals surface area (Å²) in [6.07, 6.45) is 0. The molecule has 6 aliphatic heterocycles. The highest BCUT2D eigenvalue weighted by Crippen LogP contribution is 2.54. The van der Waals surface area contributed by atoms with Gasteiger partial charge < -0.3 is 29.4 Å². The fourth-order valence-corrected chi connectivity index (χ4v) is 22.3. The minimum Gasteiger partial charge on any atom is -0.311 e. The molecule has 650 valence electrons. The van der Waals surface area contributed by atoms with Gasteiger partial charge in [-0.1, -0.05) is 287 Å². The third kappa shape index (κ3) is 13.9. The van der Waals surface area contributed by atoms with Crippen LogP contribution < -0.4 is 78.6 Å². The van der Waals surface area contributed by atoms with Gasteiger partial charge in [-0.15, -0.1) is 0 Å². The topological polar surface area (TPSA) is 19.4 Å². The summed E-state index contributed by atoms with van der Waals surface area (Å²) >= 11 is 0. The van der Waals surface area contributed by atoms with Crippen molar-refractivity contribution in [3.8, 4) is 0 Å². The maximum Gasteiger partial charge on any atom is 0.252 e. The molecule has 0 unspecified atom stereocenters. The van der Waals surface area contributed by atoms with Gasteiger partial charge in [-0.25, -0.2) is 0 Å². The monoisotopic (exact) mass is 1710 g/mol. The van der Waals surface area contributed by atoms with Gasteiger partial charge in [0.05, 0.1) is 0 Å². The van der Waals surface area contributed by atoms with E-state index in [2.05, 4.69) is 494 Å². The van der Waals surface area contributed by atoms with E-state index in [-0.39, 0.29) is 52.6 Å². The van der Waals surface area contributed by atoms with Gasteiger partial charge in [-0.05, 0) is 342 Å². The first-order valence-electron chi connectivity index (χ1n) is 47.7. The van der Waals surface area contributed by atoms with Crippen LogP contribution in [0.2, 0.25) is 0 Å². The molecular weight excluding hydrogens is 1580 g/mol. The Hall–Kier alpha value is -12.7. The van der Waals surface area contributed by atoms with Crippen LogP contribution in [0.1, 0.15) is 215 Å². The van der Waals surface area contributed by atoms with Gasteiger partial charge in [0.1, 0.15) is 0 Å². The highest BCUT2D eigenvalue weighted by Gasteiger charge is 2.51. The van der Waals surface area contributed by atoms with Crippen LogP contribution in [0.4, 0.5) is 102 Å². The van der Waals surface area contributed by atoms with Crippen LogP contribution in [0.5, 0.6) is 0 Å². The van der Waals surface area contributed by atoms with Crippen molar-refractivity contribution in [3.63, 3.8) is 0 Å². The van der Waals surface area contributed by atoms with Crippen molar-refractivity contribution < 1.29 is 0 Å². The molecule has 21 rings (SSSR count). The molecule has 0 spiro atoms. The summed E-state index contributed by atoms with van der Waals surface area (Å²) in [7, 11) is 0. The van der Waals surface area contributed by atoms with Crippen molar-refractivity contribution in [2.75, 3.05) is 29.4 Å². The molecule has 0 radical (unpaired) electrons. The van der Waals surface area contributed by atoms with Crippen molar-refractivity contribution in [1.82, 2.24) is 0 Å². The van der Waals surface area contributed by atoms with Crippen molar-refractivity contribution >= 4 is 172 Å². The number of benzene rings is 15. The van der Waals surface area contributed by atoms with E-state index >= 15 is 0 Å². The number of hydrogen-bond acceptors (Lipinski definition) is 6. The molecule has 6 aliphatic rings. The zero-order valence-electron chi connectivity index (χ0n) is 81.6. The minimum absolute atomic E-state index is 0.0274. The molecule has 0 atom stereocenters. The number of aryl methyl sites for hydroxylation is 6. The van der Waals surface area contributed by atoms with Crippen LogP contribution >= 0.6 is 0 Å². The van der Waals surface area contributed by atoms with Crippen LogP contribution in [0.3, 0.4) is 0 Å². The second-order valence-corrected chi connectivity index (χ2v) is 45.4. The molecule has 0 aliphatic carbocycles. The Kier molecular flexibility index (Phi) is 19.4. The number of hydrogen-bond donors (Lipinski definition) is 0. The lowest BCUT2D eigenvalue weighted by molar-refractivity contribution is 0.590. The van der Waals surface area contributed by atoms with Gasteiger partial charge >= 0.3 is 0 Å². The first-order chi connectivity index (χ1) is 62.1. The van der Waals surface area contributed by atoms with Gasteiger partial charge in [0.2, 0.25) is 0 Å². The van der Waals surface area contributed by atoms with Crippen LogP contribution in [-0.2, 0) is 37.9 Å². The predicted octanol–water partition coefficient (Wildman–Crippen LogP) is 26.9. The van der Waals surface area contributed by atoms with Gasteiger partial charge in [0.15, 0.2) is 0 Å². The highest BCUT2D eigenvalue weighted by atomic mass is 15.2. The third-order valence-electron chi connectivity index (χ3n) is 29.8. The van der Waals surface area contributed by atoms with E-state index in [9.17, 15) is 0 Å². The van der Waals surface area contributed by atoms with E-state index < -0.39 is 5.41 Å². The van der Waals surface area contributed by atoms with Crippen LogP contribution in [0.25, 0.3) is 0 Å². The van der Waals surface area contributed by atoms with E-state index in [4.69, 9.17) is 0 Å². The number of anilines is 18. The van der Waals surface area contributed by atoms with Crippen molar-refractivity contribution in [3.05, 3.63) is 375 Å². The molecule has 0 N–H and O–H groups in total. The van der Waals surface area contributed by atoms with Crippen molar-refractivity contribution in [2.24, 2.45) is 0 Å². The van der Waals surface area contributed by atoms with E-state index in [0.717, 1.165) is 34.1 Å². The lowest BCUT2D eigenvalue weighted by Crippen LogP contribution is -2.62. The number of rotatable bonds is 9. The lowest BCUT2D eigenvalue weighted by atomic mass is 9.32. The Labute approximate surface area is 781 Å². The fraction of sp³-hybridized carbons (Fsp3) is 0.262. The molecule has 0 aromatic heterocycles. The Morgan fingerprint density at radius 3 is 0.481 bits per heavy atom. The summed E-state index contributed by atoms with van der Waals surface area (Å²) < 4.78 is 0. The highest BCUT2D eigenvalue weighted by molar-refractivity contribution is 7.02. The van der Waals surface area contributed by atoms with Crippen molar-refractivity contribution in [1.29, 1.82) is 0 Å².